The molecule has 0 atom stereocenters. The van der Waals surface area contributed by atoms with E-state index in [1.807, 2.05) is 6.92 Å². The zero-order valence-corrected chi connectivity index (χ0v) is 9.68. The van der Waals surface area contributed by atoms with E-state index in [0.717, 1.165) is 31.7 Å². The van der Waals surface area contributed by atoms with Crippen LogP contribution in [0.15, 0.2) is 12.1 Å². The quantitative estimate of drug-likeness (QED) is 0.796. The fraction of sp³-hybridized carbons (Fsp3) is 0.545. The maximum absolute atomic E-state index is 10.6. The Morgan fingerprint density at radius 2 is 2.12 bits per heavy atom. The van der Waals surface area contributed by atoms with Crippen molar-refractivity contribution >= 4 is 11.8 Å². The van der Waals surface area contributed by atoms with E-state index in [-0.39, 0.29) is 5.69 Å². The molecule has 5 heteroatoms. The predicted octanol–water partition coefficient (Wildman–Crippen LogP) is 1.80. The van der Waals surface area contributed by atoms with Crippen molar-refractivity contribution in [1.82, 2.24) is 10.2 Å². The second-order valence-electron chi connectivity index (χ2n) is 3.52. The summed E-state index contributed by atoms with van der Waals surface area (Å²) in [6.07, 6.45) is 2.22. The van der Waals surface area contributed by atoms with Gasteiger partial charge in [-0.1, -0.05) is 13.3 Å². The van der Waals surface area contributed by atoms with Gasteiger partial charge in [-0.3, -0.25) is 0 Å². The Hall–Kier alpha value is -1.65. The monoisotopic (exact) mass is 223 g/mol. The normalized spacial score (nSPS) is 10.1. The molecule has 16 heavy (non-hydrogen) atoms. The lowest BCUT2D eigenvalue weighted by Crippen LogP contribution is -2.25. The van der Waals surface area contributed by atoms with E-state index in [1.165, 1.54) is 6.07 Å². The minimum atomic E-state index is -1.05. The van der Waals surface area contributed by atoms with Gasteiger partial charge < -0.3 is 10.0 Å². The Labute approximate surface area is 95.1 Å². The summed E-state index contributed by atoms with van der Waals surface area (Å²) >= 11 is 0. The highest BCUT2D eigenvalue weighted by Gasteiger charge is 2.08. The second-order valence-corrected chi connectivity index (χ2v) is 3.52. The van der Waals surface area contributed by atoms with Crippen molar-refractivity contribution in [2.45, 2.75) is 26.7 Å². The lowest BCUT2D eigenvalue weighted by molar-refractivity contribution is 0.0689. The second kappa shape index (κ2) is 6.05. The first-order valence-corrected chi connectivity index (χ1v) is 5.51. The minimum absolute atomic E-state index is 0.0182. The van der Waals surface area contributed by atoms with E-state index in [4.69, 9.17) is 5.11 Å². The van der Waals surface area contributed by atoms with E-state index in [1.54, 1.807) is 6.07 Å². The minimum Gasteiger partial charge on any atom is -0.476 e. The van der Waals surface area contributed by atoms with Gasteiger partial charge in [0.1, 0.15) is 0 Å². The molecule has 0 spiro atoms. The first kappa shape index (κ1) is 12.4. The molecule has 0 radical (unpaired) electrons. The average Bonchev–Trinajstić information content (AvgIpc) is 2.30. The van der Waals surface area contributed by atoms with Crippen LogP contribution in [0.5, 0.6) is 0 Å². The summed E-state index contributed by atoms with van der Waals surface area (Å²) in [7, 11) is 0. The Morgan fingerprint density at radius 3 is 2.56 bits per heavy atom. The van der Waals surface area contributed by atoms with Gasteiger partial charge in [0.05, 0.1) is 0 Å². The largest absolute Gasteiger partial charge is 0.476 e. The predicted molar refractivity (Wildman–Crippen MR) is 61.8 cm³/mol. The Morgan fingerprint density at radius 1 is 1.38 bits per heavy atom. The van der Waals surface area contributed by atoms with Crippen LogP contribution in [0.25, 0.3) is 0 Å². The van der Waals surface area contributed by atoms with Crippen LogP contribution in [0.2, 0.25) is 0 Å². The molecule has 1 heterocycles. The summed E-state index contributed by atoms with van der Waals surface area (Å²) in [6.45, 7) is 5.95. The number of carboxylic acid groups (broad SMARTS) is 1. The first-order chi connectivity index (χ1) is 7.69. The highest BCUT2D eigenvalue weighted by molar-refractivity contribution is 5.85. The van der Waals surface area contributed by atoms with E-state index in [9.17, 15) is 4.79 Å². The molecule has 0 fully saturated rings. The first-order valence-electron chi connectivity index (χ1n) is 5.51. The smallest absolute Gasteiger partial charge is 0.356 e. The van der Waals surface area contributed by atoms with E-state index >= 15 is 0 Å². The van der Waals surface area contributed by atoms with E-state index < -0.39 is 5.97 Å². The lowest BCUT2D eigenvalue weighted by Gasteiger charge is -2.20. The molecule has 0 bridgehead atoms. The molecule has 1 N–H and O–H groups in total. The molecule has 1 aromatic heterocycles. The number of hydrogen-bond donors (Lipinski definition) is 1. The molecule has 1 aromatic rings. The average molecular weight is 223 g/mol. The molecule has 0 aliphatic heterocycles. The lowest BCUT2D eigenvalue weighted by atomic mass is 10.3. The molecule has 0 saturated carbocycles. The van der Waals surface area contributed by atoms with E-state index in [2.05, 4.69) is 22.0 Å². The molecule has 1 rings (SSSR count). The number of hydrogen-bond acceptors (Lipinski definition) is 4. The molecular formula is C11H17N3O2. The van der Waals surface area contributed by atoms with Crippen LogP contribution in [-0.2, 0) is 0 Å². The van der Waals surface area contributed by atoms with Gasteiger partial charge in [-0.2, -0.15) is 0 Å². The zero-order valence-electron chi connectivity index (χ0n) is 9.68. The van der Waals surface area contributed by atoms with Crippen molar-refractivity contribution < 1.29 is 9.90 Å². The number of nitrogens with zero attached hydrogens (tertiary/aromatic N) is 3. The van der Waals surface area contributed by atoms with Crippen LogP contribution in [0.1, 0.15) is 37.2 Å². The molecule has 0 aliphatic carbocycles. The standard InChI is InChI=1S/C11H17N3O2/c1-3-5-8-14(4-2)10-7-6-9(11(15)16)12-13-10/h6-7H,3-5,8H2,1-2H3,(H,15,16). The summed E-state index contributed by atoms with van der Waals surface area (Å²) in [4.78, 5) is 12.7. The summed E-state index contributed by atoms with van der Waals surface area (Å²) in [5.74, 6) is -0.309. The maximum atomic E-state index is 10.6. The number of rotatable bonds is 6. The number of aromatic nitrogens is 2. The molecule has 88 valence electrons. The van der Waals surface area contributed by atoms with Gasteiger partial charge in [-0.25, -0.2) is 4.79 Å². The van der Waals surface area contributed by atoms with Crippen LogP contribution in [0.3, 0.4) is 0 Å². The zero-order chi connectivity index (χ0) is 12.0. The molecular weight excluding hydrogens is 206 g/mol. The van der Waals surface area contributed by atoms with Crippen molar-refractivity contribution in [3.63, 3.8) is 0 Å². The summed E-state index contributed by atoms with van der Waals surface area (Å²) < 4.78 is 0. The number of unbranched alkanes of at least 4 members (excludes halogenated alkanes) is 1. The van der Waals surface area contributed by atoms with Gasteiger partial charge in [0.2, 0.25) is 0 Å². The molecule has 0 unspecified atom stereocenters. The van der Waals surface area contributed by atoms with Gasteiger partial charge in [0.15, 0.2) is 11.5 Å². The van der Waals surface area contributed by atoms with Crippen LogP contribution >= 0.6 is 0 Å². The van der Waals surface area contributed by atoms with Gasteiger partial charge in [-0.05, 0) is 25.5 Å². The van der Waals surface area contributed by atoms with Crippen LogP contribution < -0.4 is 4.90 Å². The summed E-state index contributed by atoms with van der Waals surface area (Å²) in [5.41, 5.74) is -0.0182. The molecule has 0 saturated heterocycles. The maximum Gasteiger partial charge on any atom is 0.356 e. The van der Waals surface area contributed by atoms with E-state index in [0.29, 0.717) is 0 Å². The van der Waals surface area contributed by atoms with Crippen molar-refractivity contribution in [1.29, 1.82) is 0 Å². The Bertz CT molecular complexity index is 338. The SMILES string of the molecule is CCCCN(CC)c1ccc(C(=O)O)nn1. The molecule has 0 aromatic carbocycles. The Kier molecular flexibility index (Phi) is 4.69. The van der Waals surface area contributed by atoms with Crippen molar-refractivity contribution in [3.8, 4) is 0 Å². The fourth-order valence-electron chi connectivity index (χ4n) is 1.39. The number of anilines is 1. The van der Waals surface area contributed by atoms with Crippen LogP contribution in [-0.4, -0.2) is 34.4 Å². The summed E-state index contributed by atoms with van der Waals surface area (Å²) in [6, 6.07) is 3.19. The van der Waals surface area contributed by atoms with Crippen molar-refractivity contribution in [2.24, 2.45) is 0 Å². The third kappa shape index (κ3) is 3.18. The topological polar surface area (TPSA) is 66.3 Å². The van der Waals surface area contributed by atoms with Gasteiger partial charge in [0.25, 0.3) is 0 Å². The van der Waals surface area contributed by atoms with Crippen molar-refractivity contribution in [2.75, 3.05) is 18.0 Å². The highest BCUT2D eigenvalue weighted by atomic mass is 16.4. The van der Waals surface area contributed by atoms with Gasteiger partial charge >= 0.3 is 5.97 Å². The number of carboxylic acids is 1. The van der Waals surface area contributed by atoms with Gasteiger partial charge in [0, 0.05) is 13.1 Å². The summed E-state index contributed by atoms with van der Waals surface area (Å²) in [5, 5.41) is 16.3. The van der Waals surface area contributed by atoms with Gasteiger partial charge in [-0.15, -0.1) is 10.2 Å². The fourth-order valence-corrected chi connectivity index (χ4v) is 1.39. The van der Waals surface area contributed by atoms with Crippen LogP contribution in [0, 0.1) is 0 Å². The number of aromatic carboxylic acids is 1. The molecule has 0 aliphatic rings. The number of carbonyl (C=O) groups is 1. The third-order valence-electron chi connectivity index (χ3n) is 2.36. The third-order valence-corrected chi connectivity index (χ3v) is 2.36. The van der Waals surface area contributed by atoms with Crippen molar-refractivity contribution in [3.05, 3.63) is 17.8 Å². The molecule has 5 nitrogen and oxygen atoms in total. The highest BCUT2D eigenvalue weighted by Crippen LogP contribution is 2.10. The molecule has 0 amide bonds. The van der Waals surface area contributed by atoms with Crippen LogP contribution in [0.4, 0.5) is 5.82 Å². The Balaban J connectivity index is 2.74.